The van der Waals surface area contributed by atoms with Crippen molar-refractivity contribution < 1.29 is 4.79 Å². The van der Waals surface area contributed by atoms with Gasteiger partial charge in [-0.25, -0.2) is 4.98 Å². The second-order valence-electron chi connectivity index (χ2n) is 5.13. The van der Waals surface area contributed by atoms with Gasteiger partial charge in [-0.15, -0.1) is 0 Å². The number of hydrogen-bond acceptors (Lipinski definition) is 3. The van der Waals surface area contributed by atoms with Crippen LogP contribution in [0.5, 0.6) is 0 Å². The second-order valence-corrected chi connectivity index (χ2v) is 7.23. The topological polar surface area (TPSA) is 46.9 Å². The van der Waals surface area contributed by atoms with Gasteiger partial charge in [0.1, 0.15) is 4.34 Å². The molecule has 3 aromatic rings. The molecule has 0 saturated carbocycles. The third-order valence-electron chi connectivity index (χ3n) is 3.30. The number of carbonyl (C=O) groups excluding carboxylic acids is 1. The number of rotatable bonds is 3. The third kappa shape index (κ3) is 2.84. The van der Waals surface area contributed by atoms with Crippen LogP contribution in [0.2, 0.25) is 9.36 Å². The highest BCUT2D eigenvalue weighted by molar-refractivity contribution is 7.19. The van der Waals surface area contributed by atoms with E-state index in [-0.39, 0.29) is 11.9 Å². The van der Waals surface area contributed by atoms with Gasteiger partial charge in [-0.3, -0.25) is 10.1 Å². The molecule has 2 aromatic heterocycles. The fourth-order valence-electron chi connectivity index (χ4n) is 2.31. The van der Waals surface area contributed by atoms with Crippen LogP contribution in [0, 0.1) is 0 Å². The molecule has 0 aliphatic carbocycles. The predicted octanol–water partition coefficient (Wildman–Crippen LogP) is 5.24. The normalized spacial score (nSPS) is 11.3. The highest BCUT2D eigenvalue weighted by Crippen LogP contribution is 2.29. The Morgan fingerprint density at radius 3 is 2.77 bits per heavy atom. The SMILES string of the molecule is CC(C)n1cc(C(=O)Nc2ncc(Cl)s2)c2ccc(Cl)cc21. The van der Waals surface area contributed by atoms with Crippen LogP contribution in [-0.4, -0.2) is 15.5 Å². The number of aromatic nitrogens is 2. The molecule has 1 amide bonds. The lowest BCUT2D eigenvalue weighted by molar-refractivity contribution is 0.102. The zero-order chi connectivity index (χ0) is 15.9. The number of thiazole rings is 1. The minimum Gasteiger partial charge on any atom is -0.344 e. The average Bonchev–Trinajstić information content (AvgIpc) is 3.02. The Kier molecular flexibility index (Phi) is 4.12. The van der Waals surface area contributed by atoms with E-state index in [2.05, 4.69) is 24.1 Å². The van der Waals surface area contributed by atoms with E-state index in [1.165, 1.54) is 17.5 Å². The van der Waals surface area contributed by atoms with Crippen molar-refractivity contribution in [2.24, 2.45) is 0 Å². The van der Waals surface area contributed by atoms with Gasteiger partial charge in [0.15, 0.2) is 5.13 Å². The van der Waals surface area contributed by atoms with E-state index >= 15 is 0 Å². The maximum Gasteiger partial charge on any atom is 0.259 e. The summed E-state index contributed by atoms with van der Waals surface area (Å²) in [6.45, 7) is 4.12. The highest BCUT2D eigenvalue weighted by Gasteiger charge is 2.17. The Labute approximate surface area is 141 Å². The Morgan fingerprint density at radius 2 is 2.14 bits per heavy atom. The van der Waals surface area contributed by atoms with Crippen molar-refractivity contribution in [2.75, 3.05) is 5.32 Å². The summed E-state index contributed by atoms with van der Waals surface area (Å²) in [5.41, 5.74) is 1.52. The highest BCUT2D eigenvalue weighted by atomic mass is 35.5. The van der Waals surface area contributed by atoms with Crippen molar-refractivity contribution in [1.29, 1.82) is 0 Å². The lowest BCUT2D eigenvalue weighted by Gasteiger charge is -2.08. The molecule has 0 bridgehead atoms. The van der Waals surface area contributed by atoms with Gasteiger partial charge in [-0.05, 0) is 26.0 Å². The lowest BCUT2D eigenvalue weighted by Crippen LogP contribution is -2.11. The average molecular weight is 354 g/mol. The molecule has 0 spiro atoms. The number of anilines is 1. The van der Waals surface area contributed by atoms with Crippen molar-refractivity contribution in [3.05, 3.63) is 45.5 Å². The van der Waals surface area contributed by atoms with Gasteiger partial charge in [0.2, 0.25) is 0 Å². The molecule has 0 unspecified atom stereocenters. The van der Waals surface area contributed by atoms with Gasteiger partial charge in [0, 0.05) is 22.6 Å². The molecule has 22 heavy (non-hydrogen) atoms. The summed E-state index contributed by atoms with van der Waals surface area (Å²) in [6.07, 6.45) is 3.36. The molecule has 0 aliphatic heterocycles. The number of fused-ring (bicyclic) bond motifs is 1. The summed E-state index contributed by atoms with van der Waals surface area (Å²) < 4.78 is 2.57. The largest absolute Gasteiger partial charge is 0.344 e. The number of hydrogen-bond donors (Lipinski definition) is 1. The molecule has 1 aromatic carbocycles. The van der Waals surface area contributed by atoms with Crippen LogP contribution in [0.15, 0.2) is 30.6 Å². The predicted molar refractivity (Wildman–Crippen MR) is 92.4 cm³/mol. The molecule has 0 saturated heterocycles. The minimum atomic E-state index is -0.210. The first-order valence-electron chi connectivity index (χ1n) is 6.68. The molecule has 4 nitrogen and oxygen atoms in total. The van der Waals surface area contributed by atoms with E-state index in [1.807, 2.05) is 22.9 Å². The Hall–Kier alpha value is -1.56. The quantitative estimate of drug-likeness (QED) is 0.699. The van der Waals surface area contributed by atoms with Crippen LogP contribution < -0.4 is 5.32 Å². The van der Waals surface area contributed by atoms with E-state index in [0.717, 1.165) is 10.9 Å². The number of halogens is 2. The standard InChI is InChI=1S/C15H13Cl2N3OS/c1-8(2)20-7-11(10-4-3-9(16)5-12(10)20)14(21)19-15-18-6-13(17)22-15/h3-8H,1-2H3,(H,18,19,21). The molecular formula is C15H13Cl2N3OS. The van der Waals surface area contributed by atoms with Crippen molar-refractivity contribution in [1.82, 2.24) is 9.55 Å². The number of carbonyl (C=O) groups is 1. The number of nitrogens with zero attached hydrogens (tertiary/aromatic N) is 2. The minimum absolute atomic E-state index is 0.210. The molecule has 3 rings (SSSR count). The van der Waals surface area contributed by atoms with Crippen LogP contribution >= 0.6 is 34.5 Å². The van der Waals surface area contributed by atoms with Gasteiger partial charge < -0.3 is 4.57 Å². The number of nitrogens with one attached hydrogen (secondary N) is 1. The number of benzene rings is 1. The van der Waals surface area contributed by atoms with Crippen LogP contribution in [0.25, 0.3) is 10.9 Å². The zero-order valence-corrected chi connectivity index (χ0v) is 14.3. The van der Waals surface area contributed by atoms with E-state index in [9.17, 15) is 4.79 Å². The third-order valence-corrected chi connectivity index (χ3v) is 4.56. The fraction of sp³-hybridized carbons (Fsp3) is 0.200. The Balaban J connectivity index is 2.04. The summed E-state index contributed by atoms with van der Waals surface area (Å²) in [7, 11) is 0. The van der Waals surface area contributed by atoms with Crippen molar-refractivity contribution >= 4 is 56.5 Å². The molecule has 0 aliphatic rings. The van der Waals surface area contributed by atoms with E-state index < -0.39 is 0 Å². The number of amides is 1. The fourth-order valence-corrected chi connectivity index (χ4v) is 3.28. The van der Waals surface area contributed by atoms with Crippen LogP contribution in [-0.2, 0) is 0 Å². The first-order valence-corrected chi connectivity index (χ1v) is 8.25. The van der Waals surface area contributed by atoms with Crippen molar-refractivity contribution in [3.8, 4) is 0 Å². The first kappa shape index (κ1) is 15.3. The maximum absolute atomic E-state index is 12.5. The molecule has 7 heteroatoms. The first-order chi connectivity index (χ1) is 10.5. The van der Waals surface area contributed by atoms with Gasteiger partial charge >= 0.3 is 0 Å². The van der Waals surface area contributed by atoms with Crippen LogP contribution in [0.1, 0.15) is 30.2 Å². The Morgan fingerprint density at radius 1 is 1.36 bits per heavy atom. The van der Waals surface area contributed by atoms with Crippen LogP contribution in [0.4, 0.5) is 5.13 Å². The summed E-state index contributed by atoms with van der Waals surface area (Å²) in [4.78, 5) is 16.6. The van der Waals surface area contributed by atoms with E-state index in [1.54, 1.807) is 6.07 Å². The zero-order valence-electron chi connectivity index (χ0n) is 11.9. The monoisotopic (exact) mass is 353 g/mol. The molecule has 2 heterocycles. The summed E-state index contributed by atoms with van der Waals surface area (Å²) in [5, 5.41) is 4.76. The lowest BCUT2D eigenvalue weighted by atomic mass is 10.1. The van der Waals surface area contributed by atoms with E-state index in [0.29, 0.717) is 20.1 Å². The molecule has 1 N–H and O–H groups in total. The molecule has 114 valence electrons. The smallest absolute Gasteiger partial charge is 0.259 e. The van der Waals surface area contributed by atoms with Crippen LogP contribution in [0.3, 0.4) is 0 Å². The molecule has 0 fully saturated rings. The van der Waals surface area contributed by atoms with Gasteiger partial charge in [0.05, 0.1) is 17.3 Å². The Bertz CT molecular complexity index is 854. The summed E-state index contributed by atoms with van der Waals surface area (Å²) in [5.74, 6) is -0.210. The summed E-state index contributed by atoms with van der Waals surface area (Å²) >= 11 is 13.1. The molecular weight excluding hydrogens is 341 g/mol. The molecule has 0 atom stereocenters. The molecule has 0 radical (unpaired) electrons. The maximum atomic E-state index is 12.5. The van der Waals surface area contributed by atoms with Gasteiger partial charge in [0.25, 0.3) is 5.91 Å². The van der Waals surface area contributed by atoms with Gasteiger partial charge in [-0.2, -0.15) is 0 Å². The summed E-state index contributed by atoms with van der Waals surface area (Å²) in [6, 6.07) is 5.73. The van der Waals surface area contributed by atoms with E-state index in [4.69, 9.17) is 23.2 Å². The van der Waals surface area contributed by atoms with Crippen molar-refractivity contribution in [2.45, 2.75) is 19.9 Å². The second kappa shape index (κ2) is 5.91. The van der Waals surface area contributed by atoms with Crippen molar-refractivity contribution in [3.63, 3.8) is 0 Å². The van der Waals surface area contributed by atoms with Gasteiger partial charge in [-0.1, -0.05) is 40.6 Å².